The number of carbonyl (C=O) groups excluding carboxylic acids is 1. The van der Waals surface area contributed by atoms with Crippen molar-refractivity contribution in [1.82, 2.24) is 40.1 Å². The molecule has 1 unspecified atom stereocenters. The molecule has 43 heavy (non-hydrogen) atoms. The number of carbonyl (C=O) groups is 1. The van der Waals surface area contributed by atoms with Gasteiger partial charge >= 0.3 is 6.09 Å². The number of amides is 1. The van der Waals surface area contributed by atoms with Gasteiger partial charge in [0.1, 0.15) is 17.2 Å². The van der Waals surface area contributed by atoms with E-state index < -0.39 is 5.60 Å². The molecule has 5 aromatic rings. The Kier molecular flexibility index (Phi) is 6.93. The highest BCUT2D eigenvalue weighted by molar-refractivity contribution is 5.82. The van der Waals surface area contributed by atoms with Crippen LogP contribution in [0.3, 0.4) is 0 Å². The quantitative estimate of drug-likeness (QED) is 0.216. The van der Waals surface area contributed by atoms with Crippen molar-refractivity contribution in [2.75, 3.05) is 13.1 Å². The summed E-state index contributed by atoms with van der Waals surface area (Å²) < 4.78 is 5.64. The van der Waals surface area contributed by atoms with E-state index in [0.717, 1.165) is 76.4 Å². The molecule has 2 aliphatic rings. The lowest BCUT2D eigenvalue weighted by molar-refractivity contribution is 0.0219. The van der Waals surface area contributed by atoms with Crippen LogP contribution in [0.1, 0.15) is 70.2 Å². The monoisotopic (exact) mass is 576 g/mol. The van der Waals surface area contributed by atoms with E-state index >= 15 is 0 Å². The number of likely N-dealkylation sites (tertiary alicyclic amines) is 1. The van der Waals surface area contributed by atoms with Gasteiger partial charge < -0.3 is 20.0 Å². The van der Waals surface area contributed by atoms with Crippen LogP contribution in [-0.4, -0.2) is 59.6 Å². The Balaban J connectivity index is 1.06. The van der Waals surface area contributed by atoms with Gasteiger partial charge in [-0.25, -0.2) is 24.7 Å². The van der Waals surface area contributed by atoms with Gasteiger partial charge in [-0.1, -0.05) is 30.3 Å². The Morgan fingerprint density at radius 2 is 1.63 bits per heavy atom. The number of imidazole rings is 2. The number of hydrogen-bond acceptors (Lipinski definition) is 7. The number of aromatic amines is 2. The normalized spacial score (nSPS) is 18.9. The minimum atomic E-state index is -0.537. The van der Waals surface area contributed by atoms with Crippen LogP contribution in [0.5, 0.6) is 0 Å². The molecule has 7 rings (SSSR count). The Labute approximate surface area is 250 Å². The van der Waals surface area contributed by atoms with Gasteiger partial charge in [0.05, 0.1) is 35.0 Å². The molecule has 5 heterocycles. The van der Waals surface area contributed by atoms with E-state index in [2.05, 4.69) is 48.4 Å². The molecule has 2 aliphatic heterocycles. The van der Waals surface area contributed by atoms with E-state index in [4.69, 9.17) is 9.72 Å². The maximum atomic E-state index is 12.8. The molecule has 0 aliphatic carbocycles. The molecule has 10 heteroatoms. The zero-order valence-electron chi connectivity index (χ0n) is 24.7. The molecule has 2 atom stereocenters. The van der Waals surface area contributed by atoms with Crippen molar-refractivity contribution in [3.63, 3.8) is 0 Å². The minimum absolute atomic E-state index is 0.126. The summed E-state index contributed by atoms with van der Waals surface area (Å²) in [5.41, 5.74) is 6.18. The fourth-order valence-electron chi connectivity index (χ4n) is 5.96. The maximum Gasteiger partial charge on any atom is 0.410 e. The lowest BCUT2D eigenvalue weighted by Gasteiger charge is -2.27. The highest BCUT2D eigenvalue weighted by Gasteiger charge is 2.35. The summed E-state index contributed by atoms with van der Waals surface area (Å²) in [5, 5.41) is 3.48. The Morgan fingerprint density at radius 1 is 0.860 bits per heavy atom. The summed E-state index contributed by atoms with van der Waals surface area (Å²) in [6.45, 7) is 7.37. The SMILES string of the molecule is CC(C)(C)OC(=O)N1CCC[C@H]1c1nc2ccc(-c3cnc(-c4ccc(-c5cnc(C6CCCN6)[nH]5)cc4)nc3)cc2[nH]1. The second-order valence-corrected chi connectivity index (χ2v) is 12.4. The molecule has 0 saturated carbocycles. The summed E-state index contributed by atoms with van der Waals surface area (Å²) >= 11 is 0. The number of hydrogen-bond donors (Lipinski definition) is 3. The highest BCUT2D eigenvalue weighted by Crippen LogP contribution is 2.34. The molecule has 3 N–H and O–H groups in total. The van der Waals surface area contributed by atoms with Crippen molar-refractivity contribution < 1.29 is 9.53 Å². The molecule has 2 aromatic carbocycles. The predicted molar refractivity (Wildman–Crippen MR) is 165 cm³/mol. The zero-order valence-corrected chi connectivity index (χ0v) is 24.7. The molecule has 0 spiro atoms. The van der Waals surface area contributed by atoms with Crippen molar-refractivity contribution in [3.8, 4) is 33.8 Å². The van der Waals surface area contributed by atoms with Gasteiger partial charge in [-0.2, -0.15) is 0 Å². The minimum Gasteiger partial charge on any atom is -0.444 e. The van der Waals surface area contributed by atoms with E-state index in [0.29, 0.717) is 18.4 Å². The van der Waals surface area contributed by atoms with E-state index in [1.165, 1.54) is 6.42 Å². The number of fused-ring (bicyclic) bond motifs is 1. The smallest absolute Gasteiger partial charge is 0.410 e. The number of H-pyrrole nitrogens is 2. The van der Waals surface area contributed by atoms with Crippen LogP contribution >= 0.6 is 0 Å². The number of nitrogens with one attached hydrogen (secondary N) is 3. The van der Waals surface area contributed by atoms with Crippen LogP contribution in [0.25, 0.3) is 44.8 Å². The van der Waals surface area contributed by atoms with Crippen LogP contribution in [-0.2, 0) is 4.74 Å². The number of benzene rings is 2. The van der Waals surface area contributed by atoms with Crippen LogP contribution in [0, 0.1) is 0 Å². The fraction of sp³-hybridized carbons (Fsp3) is 0.364. The summed E-state index contributed by atoms with van der Waals surface area (Å²) in [4.78, 5) is 40.2. The molecular formula is C33H36N8O2. The van der Waals surface area contributed by atoms with Gasteiger partial charge in [0.25, 0.3) is 0 Å². The molecule has 3 aromatic heterocycles. The van der Waals surface area contributed by atoms with Crippen molar-refractivity contribution in [2.24, 2.45) is 0 Å². The molecule has 2 saturated heterocycles. The number of nitrogens with zero attached hydrogens (tertiary/aromatic N) is 5. The van der Waals surface area contributed by atoms with E-state index in [1.54, 1.807) is 4.90 Å². The average molecular weight is 577 g/mol. The number of rotatable bonds is 5. The average Bonchev–Trinajstić information content (AvgIpc) is 3.82. The van der Waals surface area contributed by atoms with Gasteiger partial charge in [-0.15, -0.1) is 0 Å². The Morgan fingerprint density at radius 3 is 2.37 bits per heavy atom. The topological polar surface area (TPSA) is 125 Å². The summed E-state index contributed by atoms with van der Waals surface area (Å²) in [7, 11) is 0. The van der Waals surface area contributed by atoms with Crippen LogP contribution in [0.15, 0.2) is 61.1 Å². The summed E-state index contributed by atoms with van der Waals surface area (Å²) in [6, 6.07) is 14.5. The fourth-order valence-corrected chi connectivity index (χ4v) is 5.96. The van der Waals surface area contributed by atoms with Gasteiger partial charge in [0.2, 0.25) is 0 Å². The predicted octanol–water partition coefficient (Wildman–Crippen LogP) is 6.57. The maximum absolute atomic E-state index is 12.8. The first-order valence-electron chi connectivity index (χ1n) is 15.0. The molecule has 0 radical (unpaired) electrons. The van der Waals surface area contributed by atoms with E-state index in [1.807, 2.05) is 63.6 Å². The second-order valence-electron chi connectivity index (χ2n) is 12.4. The van der Waals surface area contributed by atoms with E-state index in [9.17, 15) is 4.79 Å². The third-order valence-corrected chi connectivity index (χ3v) is 8.12. The Hall–Kier alpha value is -4.57. The first-order valence-corrected chi connectivity index (χ1v) is 15.0. The third-order valence-electron chi connectivity index (χ3n) is 8.12. The van der Waals surface area contributed by atoms with Crippen molar-refractivity contribution in [1.29, 1.82) is 0 Å². The molecular weight excluding hydrogens is 540 g/mol. The molecule has 220 valence electrons. The van der Waals surface area contributed by atoms with Gasteiger partial charge in [-0.3, -0.25) is 4.90 Å². The van der Waals surface area contributed by atoms with Crippen molar-refractivity contribution in [3.05, 3.63) is 72.7 Å². The Bertz CT molecular complexity index is 1740. The lowest BCUT2D eigenvalue weighted by Crippen LogP contribution is -2.36. The molecule has 10 nitrogen and oxygen atoms in total. The van der Waals surface area contributed by atoms with Crippen LogP contribution < -0.4 is 5.32 Å². The van der Waals surface area contributed by atoms with E-state index in [-0.39, 0.29) is 12.1 Å². The summed E-state index contributed by atoms with van der Waals surface area (Å²) in [6.07, 6.45) is 9.38. The number of ether oxygens (including phenoxy) is 1. The number of aromatic nitrogens is 6. The third kappa shape index (κ3) is 5.62. The zero-order chi connectivity index (χ0) is 29.6. The highest BCUT2D eigenvalue weighted by atomic mass is 16.6. The van der Waals surface area contributed by atoms with Crippen molar-refractivity contribution >= 4 is 17.1 Å². The second kappa shape index (κ2) is 10.9. The van der Waals surface area contributed by atoms with Gasteiger partial charge in [0.15, 0.2) is 5.82 Å². The molecule has 0 bridgehead atoms. The standard InChI is InChI=1S/C33H36N8O2/c1-33(2,3)43-32(42)41-15-5-7-28(41)31-38-24-13-12-22(16-26(24)39-31)23-17-35-29(36-18-23)21-10-8-20(9-11-21)27-19-37-30(40-27)25-6-4-14-34-25/h8-13,16-19,25,28,34H,4-7,14-15H2,1-3H3,(H,37,40)(H,38,39)/t25?,28-/m0/s1. The van der Waals surface area contributed by atoms with Gasteiger partial charge in [-0.05, 0) is 76.3 Å². The first kappa shape index (κ1) is 27.3. The molecule has 1 amide bonds. The van der Waals surface area contributed by atoms with Gasteiger partial charge in [0, 0.05) is 30.1 Å². The largest absolute Gasteiger partial charge is 0.444 e. The van der Waals surface area contributed by atoms with Crippen LogP contribution in [0.2, 0.25) is 0 Å². The first-order chi connectivity index (χ1) is 20.8. The van der Waals surface area contributed by atoms with Crippen LogP contribution in [0.4, 0.5) is 4.79 Å². The molecule has 2 fully saturated rings. The lowest BCUT2D eigenvalue weighted by atomic mass is 10.1. The van der Waals surface area contributed by atoms with Crippen molar-refractivity contribution in [2.45, 2.75) is 64.1 Å². The summed E-state index contributed by atoms with van der Waals surface area (Å²) in [5.74, 6) is 2.46.